The van der Waals surface area contributed by atoms with Gasteiger partial charge in [0.25, 0.3) is 0 Å². The predicted molar refractivity (Wildman–Crippen MR) is 109 cm³/mol. The van der Waals surface area contributed by atoms with E-state index in [-0.39, 0.29) is 35.4 Å². The first-order chi connectivity index (χ1) is 13.2. The molecule has 0 saturated heterocycles. The summed E-state index contributed by atoms with van der Waals surface area (Å²) in [5, 5.41) is 0. The molecule has 0 bridgehead atoms. The molecular formula is C24H30O4. The Hall–Kier alpha value is -2.33. The first kappa shape index (κ1) is 20.4. The Morgan fingerprint density at radius 1 is 1.04 bits per heavy atom. The second-order valence-electron chi connectivity index (χ2n) is 8.74. The zero-order valence-corrected chi connectivity index (χ0v) is 17.4. The van der Waals surface area contributed by atoms with E-state index in [1.165, 1.54) is 0 Å². The average molecular weight is 383 g/mol. The minimum atomic E-state index is -0.236. The molecule has 3 rings (SSSR count). The van der Waals surface area contributed by atoms with Gasteiger partial charge < -0.3 is 14.2 Å². The Labute approximate surface area is 167 Å². The van der Waals surface area contributed by atoms with Crippen molar-refractivity contribution >= 4 is 5.97 Å². The highest BCUT2D eigenvalue weighted by atomic mass is 16.5. The monoisotopic (exact) mass is 382 g/mol. The van der Waals surface area contributed by atoms with Crippen molar-refractivity contribution in [2.45, 2.75) is 46.3 Å². The fourth-order valence-corrected chi connectivity index (χ4v) is 3.77. The van der Waals surface area contributed by atoms with Gasteiger partial charge in [-0.2, -0.15) is 0 Å². The van der Waals surface area contributed by atoms with Gasteiger partial charge in [0.2, 0.25) is 0 Å². The summed E-state index contributed by atoms with van der Waals surface area (Å²) in [5.74, 6) is 1.58. The number of methoxy groups -OCH3 is 1. The standard InChI is InChI=1S/C24H30O4/c1-23(2,26-5)15-20-21(24(20,3)4)22(25)27-16-17-10-9-13-19(14-17)28-18-11-7-6-8-12-18/h6-14,20-21H,15-16H2,1-5H3. The Bertz CT molecular complexity index is 810. The van der Waals surface area contributed by atoms with E-state index in [0.29, 0.717) is 0 Å². The summed E-state index contributed by atoms with van der Waals surface area (Å²) in [6.45, 7) is 8.62. The molecule has 0 N–H and O–H groups in total. The summed E-state index contributed by atoms with van der Waals surface area (Å²) in [6, 6.07) is 17.3. The molecule has 2 atom stereocenters. The largest absolute Gasteiger partial charge is 0.461 e. The van der Waals surface area contributed by atoms with Crippen molar-refractivity contribution in [3.8, 4) is 11.5 Å². The molecule has 0 aliphatic heterocycles. The van der Waals surface area contributed by atoms with Crippen LogP contribution in [0.3, 0.4) is 0 Å². The number of hydrogen-bond donors (Lipinski definition) is 0. The molecular weight excluding hydrogens is 352 g/mol. The number of para-hydroxylation sites is 1. The quantitative estimate of drug-likeness (QED) is 0.557. The van der Waals surface area contributed by atoms with Gasteiger partial charge in [-0.3, -0.25) is 4.79 Å². The van der Waals surface area contributed by atoms with Gasteiger partial charge in [0.15, 0.2) is 0 Å². The molecule has 1 saturated carbocycles. The zero-order valence-electron chi connectivity index (χ0n) is 17.4. The molecule has 4 heteroatoms. The smallest absolute Gasteiger partial charge is 0.310 e. The van der Waals surface area contributed by atoms with E-state index in [4.69, 9.17) is 14.2 Å². The van der Waals surface area contributed by atoms with Crippen LogP contribution in [0.15, 0.2) is 54.6 Å². The molecule has 2 aromatic rings. The van der Waals surface area contributed by atoms with E-state index in [0.717, 1.165) is 23.5 Å². The summed E-state index contributed by atoms with van der Waals surface area (Å²) in [5.41, 5.74) is 0.625. The second-order valence-corrected chi connectivity index (χ2v) is 8.74. The highest BCUT2D eigenvalue weighted by molar-refractivity contribution is 5.77. The van der Waals surface area contributed by atoms with Gasteiger partial charge in [-0.05, 0) is 61.4 Å². The van der Waals surface area contributed by atoms with Gasteiger partial charge in [-0.25, -0.2) is 0 Å². The lowest BCUT2D eigenvalue weighted by molar-refractivity contribution is -0.147. The Balaban J connectivity index is 1.57. The van der Waals surface area contributed by atoms with E-state index in [9.17, 15) is 4.79 Å². The molecule has 0 amide bonds. The number of hydrogen-bond acceptors (Lipinski definition) is 4. The average Bonchev–Trinajstić information content (AvgIpc) is 3.20. The van der Waals surface area contributed by atoms with Crippen LogP contribution in [0.25, 0.3) is 0 Å². The molecule has 1 aliphatic carbocycles. The van der Waals surface area contributed by atoms with Crippen LogP contribution in [0.1, 0.15) is 39.7 Å². The van der Waals surface area contributed by atoms with Crippen LogP contribution in [0, 0.1) is 17.3 Å². The molecule has 2 unspecified atom stereocenters. The van der Waals surface area contributed by atoms with Crippen LogP contribution < -0.4 is 4.74 Å². The number of rotatable bonds is 8. The third kappa shape index (κ3) is 4.74. The lowest BCUT2D eigenvalue weighted by Crippen LogP contribution is -2.24. The van der Waals surface area contributed by atoms with Crippen molar-refractivity contribution in [2.24, 2.45) is 17.3 Å². The maximum Gasteiger partial charge on any atom is 0.310 e. The summed E-state index contributed by atoms with van der Waals surface area (Å²) in [6.07, 6.45) is 0.844. The first-order valence-electron chi connectivity index (χ1n) is 9.76. The van der Waals surface area contributed by atoms with E-state index in [2.05, 4.69) is 27.7 Å². The summed E-state index contributed by atoms with van der Waals surface area (Å²) < 4.78 is 17.0. The van der Waals surface area contributed by atoms with Gasteiger partial charge in [0, 0.05) is 7.11 Å². The Morgan fingerprint density at radius 3 is 2.39 bits per heavy atom. The highest BCUT2D eigenvalue weighted by Crippen LogP contribution is 2.61. The summed E-state index contributed by atoms with van der Waals surface area (Å²) in [7, 11) is 1.72. The van der Waals surface area contributed by atoms with Crippen LogP contribution in [-0.2, 0) is 20.9 Å². The van der Waals surface area contributed by atoms with Crippen LogP contribution >= 0.6 is 0 Å². The molecule has 0 aromatic heterocycles. The van der Waals surface area contributed by atoms with Gasteiger partial charge >= 0.3 is 5.97 Å². The van der Waals surface area contributed by atoms with Crippen molar-refractivity contribution in [1.29, 1.82) is 0 Å². The number of esters is 1. The van der Waals surface area contributed by atoms with Gasteiger partial charge in [0.05, 0.1) is 11.5 Å². The maximum atomic E-state index is 12.7. The molecule has 1 fully saturated rings. The van der Waals surface area contributed by atoms with Gasteiger partial charge in [-0.1, -0.05) is 44.2 Å². The molecule has 4 nitrogen and oxygen atoms in total. The molecule has 0 spiro atoms. The number of ether oxygens (including phenoxy) is 3. The lowest BCUT2D eigenvalue weighted by atomic mass is 9.97. The molecule has 1 aliphatic rings. The Kier molecular flexibility index (Phi) is 5.80. The third-order valence-electron chi connectivity index (χ3n) is 5.83. The SMILES string of the molecule is COC(C)(C)CC1C(C(=O)OCc2cccc(Oc3ccccc3)c2)C1(C)C. The second kappa shape index (κ2) is 7.96. The highest BCUT2D eigenvalue weighted by Gasteiger charge is 2.63. The van der Waals surface area contributed by atoms with Crippen LogP contribution in [-0.4, -0.2) is 18.7 Å². The third-order valence-corrected chi connectivity index (χ3v) is 5.83. The molecule has 0 heterocycles. The van der Waals surface area contributed by atoms with Gasteiger partial charge in [-0.15, -0.1) is 0 Å². The van der Waals surface area contributed by atoms with E-state index >= 15 is 0 Å². The fraction of sp³-hybridized carbons (Fsp3) is 0.458. The number of carbonyl (C=O) groups excluding carboxylic acids is 1. The first-order valence-corrected chi connectivity index (χ1v) is 9.76. The Morgan fingerprint density at radius 2 is 1.71 bits per heavy atom. The van der Waals surface area contributed by atoms with E-state index < -0.39 is 0 Å². The zero-order chi connectivity index (χ0) is 20.4. The minimum Gasteiger partial charge on any atom is -0.461 e. The maximum absolute atomic E-state index is 12.7. The molecule has 28 heavy (non-hydrogen) atoms. The lowest BCUT2D eigenvalue weighted by Gasteiger charge is -2.23. The van der Waals surface area contributed by atoms with Crippen LogP contribution in [0.4, 0.5) is 0 Å². The van der Waals surface area contributed by atoms with Crippen molar-refractivity contribution in [1.82, 2.24) is 0 Å². The minimum absolute atomic E-state index is 0.0504. The van der Waals surface area contributed by atoms with Crippen LogP contribution in [0.5, 0.6) is 11.5 Å². The molecule has 0 radical (unpaired) electrons. The summed E-state index contributed by atoms with van der Waals surface area (Å²) in [4.78, 5) is 12.7. The predicted octanol–water partition coefficient (Wildman–Crippen LogP) is 5.61. The summed E-state index contributed by atoms with van der Waals surface area (Å²) >= 11 is 0. The number of benzene rings is 2. The van der Waals surface area contributed by atoms with Crippen molar-refractivity contribution < 1.29 is 19.0 Å². The van der Waals surface area contributed by atoms with Crippen LogP contribution in [0.2, 0.25) is 0 Å². The normalized spacial score (nSPS) is 20.5. The van der Waals surface area contributed by atoms with Crippen molar-refractivity contribution in [2.75, 3.05) is 7.11 Å². The molecule has 2 aromatic carbocycles. The topological polar surface area (TPSA) is 44.8 Å². The van der Waals surface area contributed by atoms with Crippen molar-refractivity contribution in [3.63, 3.8) is 0 Å². The van der Waals surface area contributed by atoms with Crippen molar-refractivity contribution in [3.05, 3.63) is 60.2 Å². The van der Waals surface area contributed by atoms with E-state index in [1.807, 2.05) is 54.6 Å². The van der Waals surface area contributed by atoms with E-state index in [1.54, 1.807) is 7.11 Å². The van der Waals surface area contributed by atoms with Gasteiger partial charge in [0.1, 0.15) is 18.1 Å². The number of carbonyl (C=O) groups is 1. The molecule has 150 valence electrons. The fourth-order valence-electron chi connectivity index (χ4n) is 3.77.